The number of aromatic nitrogens is 1. The van der Waals surface area contributed by atoms with Gasteiger partial charge in [0.15, 0.2) is 5.11 Å². The van der Waals surface area contributed by atoms with Crippen molar-refractivity contribution in [3.8, 4) is 5.75 Å². The number of piperidine rings is 1. The van der Waals surface area contributed by atoms with Gasteiger partial charge >= 0.3 is 0 Å². The Hall–Kier alpha value is -2.34. The SMILES string of the molecule is CCOc1ccc(NC(=S)N2C[C@H]3C[C@H](C2)c2cccc(=O)n2C3)cc1. The van der Waals surface area contributed by atoms with Gasteiger partial charge in [-0.25, -0.2) is 0 Å². The minimum absolute atomic E-state index is 0.112. The summed E-state index contributed by atoms with van der Waals surface area (Å²) in [7, 11) is 0. The van der Waals surface area contributed by atoms with Crippen molar-refractivity contribution in [1.82, 2.24) is 9.47 Å². The van der Waals surface area contributed by atoms with E-state index in [1.54, 1.807) is 6.07 Å². The van der Waals surface area contributed by atoms with Crippen molar-refractivity contribution >= 4 is 23.0 Å². The molecule has 2 atom stereocenters. The molecule has 0 aliphatic carbocycles. The van der Waals surface area contributed by atoms with Crippen LogP contribution < -0.4 is 15.6 Å². The van der Waals surface area contributed by atoms with E-state index in [0.717, 1.165) is 48.3 Å². The molecule has 6 heteroatoms. The Kier molecular flexibility index (Phi) is 4.68. The van der Waals surface area contributed by atoms with Gasteiger partial charge in [0.1, 0.15) is 5.75 Å². The number of ether oxygens (including phenoxy) is 1. The van der Waals surface area contributed by atoms with E-state index >= 15 is 0 Å². The number of hydrogen-bond donors (Lipinski definition) is 1. The van der Waals surface area contributed by atoms with Crippen LogP contribution in [0.2, 0.25) is 0 Å². The van der Waals surface area contributed by atoms with Crippen molar-refractivity contribution in [2.75, 3.05) is 25.0 Å². The molecule has 1 aromatic heterocycles. The lowest BCUT2D eigenvalue weighted by Crippen LogP contribution is -2.50. The van der Waals surface area contributed by atoms with E-state index in [0.29, 0.717) is 18.4 Å². The molecule has 2 bridgehead atoms. The summed E-state index contributed by atoms with van der Waals surface area (Å²) < 4.78 is 7.42. The number of nitrogens with zero attached hydrogens (tertiary/aromatic N) is 2. The van der Waals surface area contributed by atoms with Crippen molar-refractivity contribution < 1.29 is 4.74 Å². The molecule has 3 heterocycles. The van der Waals surface area contributed by atoms with Crippen LogP contribution in [0.3, 0.4) is 0 Å². The number of likely N-dealkylation sites (tertiary alicyclic amines) is 1. The minimum atomic E-state index is 0.112. The molecular weight excluding hydrogens is 346 g/mol. The first-order chi connectivity index (χ1) is 12.6. The Morgan fingerprint density at radius 2 is 2.00 bits per heavy atom. The first kappa shape index (κ1) is 17.1. The van der Waals surface area contributed by atoms with E-state index in [4.69, 9.17) is 17.0 Å². The first-order valence-corrected chi connectivity index (χ1v) is 9.53. The molecule has 1 aromatic carbocycles. The number of rotatable bonds is 3. The van der Waals surface area contributed by atoms with Crippen molar-refractivity contribution in [2.24, 2.45) is 5.92 Å². The minimum Gasteiger partial charge on any atom is -0.494 e. The fourth-order valence-electron chi connectivity index (χ4n) is 4.07. The highest BCUT2D eigenvalue weighted by atomic mass is 32.1. The highest BCUT2D eigenvalue weighted by Gasteiger charge is 2.35. The van der Waals surface area contributed by atoms with Crippen LogP contribution in [0.1, 0.15) is 25.0 Å². The molecule has 2 aromatic rings. The summed E-state index contributed by atoms with van der Waals surface area (Å²) in [5, 5.41) is 4.08. The van der Waals surface area contributed by atoms with Crippen LogP contribution in [0.4, 0.5) is 5.69 Å². The van der Waals surface area contributed by atoms with E-state index in [1.807, 2.05) is 41.8 Å². The van der Waals surface area contributed by atoms with Crippen LogP contribution in [0, 0.1) is 5.92 Å². The molecular formula is C20H23N3O2S. The van der Waals surface area contributed by atoms with Gasteiger partial charge in [0.2, 0.25) is 0 Å². The number of thiocarbonyl (C=S) groups is 1. The van der Waals surface area contributed by atoms with Gasteiger partial charge in [-0.1, -0.05) is 6.07 Å². The smallest absolute Gasteiger partial charge is 0.250 e. The summed E-state index contributed by atoms with van der Waals surface area (Å²) in [6.07, 6.45) is 1.13. The number of pyridine rings is 1. The average Bonchev–Trinajstić information content (AvgIpc) is 2.64. The first-order valence-electron chi connectivity index (χ1n) is 9.12. The molecule has 26 heavy (non-hydrogen) atoms. The van der Waals surface area contributed by atoms with Crippen LogP contribution in [-0.2, 0) is 6.54 Å². The van der Waals surface area contributed by atoms with Gasteiger partial charge in [0.25, 0.3) is 5.56 Å². The molecule has 2 aliphatic rings. The molecule has 0 unspecified atom stereocenters. The molecule has 1 saturated heterocycles. The van der Waals surface area contributed by atoms with Crippen molar-refractivity contribution in [3.05, 3.63) is 58.5 Å². The monoisotopic (exact) mass is 369 g/mol. The number of hydrogen-bond acceptors (Lipinski definition) is 3. The summed E-state index contributed by atoms with van der Waals surface area (Å²) in [5.41, 5.74) is 2.22. The lowest BCUT2D eigenvalue weighted by atomic mass is 9.83. The molecule has 0 amide bonds. The summed E-state index contributed by atoms with van der Waals surface area (Å²) in [6, 6.07) is 13.5. The van der Waals surface area contributed by atoms with E-state index < -0.39 is 0 Å². The predicted octanol–water partition coefficient (Wildman–Crippen LogP) is 3.06. The third kappa shape index (κ3) is 3.33. The van der Waals surface area contributed by atoms with Gasteiger partial charge in [-0.3, -0.25) is 4.79 Å². The van der Waals surface area contributed by atoms with Gasteiger partial charge in [0, 0.05) is 43.0 Å². The zero-order valence-electron chi connectivity index (χ0n) is 14.9. The maximum atomic E-state index is 12.1. The number of fused-ring (bicyclic) bond motifs is 4. The van der Waals surface area contributed by atoms with Gasteiger partial charge < -0.3 is 19.5 Å². The third-order valence-electron chi connectivity index (χ3n) is 5.18. The summed E-state index contributed by atoms with van der Waals surface area (Å²) in [5.74, 6) is 1.68. The van der Waals surface area contributed by atoms with Crippen LogP contribution in [0.25, 0.3) is 0 Å². The maximum absolute atomic E-state index is 12.1. The topological polar surface area (TPSA) is 46.5 Å². The van der Waals surface area contributed by atoms with Crippen molar-refractivity contribution in [2.45, 2.75) is 25.8 Å². The van der Waals surface area contributed by atoms with Crippen molar-refractivity contribution in [1.29, 1.82) is 0 Å². The summed E-state index contributed by atoms with van der Waals surface area (Å²) >= 11 is 5.66. The molecule has 2 aliphatic heterocycles. The molecule has 1 fully saturated rings. The summed E-state index contributed by atoms with van der Waals surface area (Å²) in [6.45, 7) is 5.16. The van der Waals surface area contributed by atoms with Gasteiger partial charge in [-0.15, -0.1) is 0 Å². The highest BCUT2D eigenvalue weighted by Crippen LogP contribution is 2.35. The van der Waals surface area contributed by atoms with E-state index in [-0.39, 0.29) is 5.56 Å². The fraction of sp³-hybridized carbons (Fsp3) is 0.400. The van der Waals surface area contributed by atoms with Crippen LogP contribution in [0.15, 0.2) is 47.3 Å². The predicted molar refractivity (Wildman–Crippen MR) is 107 cm³/mol. The standard InChI is InChI=1S/C20H23N3O2S/c1-2-25-17-8-6-16(7-9-17)21-20(26)22-11-14-10-15(13-22)18-4-3-5-19(24)23(18)12-14/h3-9,14-15H,2,10-13H2,1H3,(H,21,26)/t14-,15-/m1/s1. The number of benzene rings is 1. The molecule has 0 radical (unpaired) electrons. The molecule has 1 N–H and O–H groups in total. The highest BCUT2D eigenvalue weighted by molar-refractivity contribution is 7.80. The van der Waals surface area contributed by atoms with E-state index in [9.17, 15) is 4.79 Å². The Morgan fingerprint density at radius 1 is 1.19 bits per heavy atom. The second-order valence-electron chi connectivity index (χ2n) is 6.99. The van der Waals surface area contributed by atoms with E-state index in [2.05, 4.69) is 16.3 Å². The van der Waals surface area contributed by atoms with E-state index in [1.165, 1.54) is 0 Å². The van der Waals surface area contributed by atoms with Crippen LogP contribution >= 0.6 is 12.2 Å². The molecule has 136 valence electrons. The quantitative estimate of drug-likeness (QED) is 0.843. The largest absolute Gasteiger partial charge is 0.494 e. The Labute approximate surface area is 158 Å². The van der Waals surface area contributed by atoms with Gasteiger partial charge in [0.05, 0.1) is 6.61 Å². The average molecular weight is 369 g/mol. The van der Waals surface area contributed by atoms with Crippen molar-refractivity contribution in [3.63, 3.8) is 0 Å². The lowest BCUT2D eigenvalue weighted by Gasteiger charge is -2.43. The number of nitrogens with one attached hydrogen (secondary N) is 1. The van der Waals surface area contributed by atoms with Crippen LogP contribution in [0.5, 0.6) is 5.75 Å². The molecule has 4 rings (SSSR count). The van der Waals surface area contributed by atoms with Gasteiger partial charge in [-0.05, 0) is 61.8 Å². The zero-order chi connectivity index (χ0) is 18.1. The fourth-order valence-corrected chi connectivity index (χ4v) is 4.33. The number of anilines is 1. The molecule has 5 nitrogen and oxygen atoms in total. The normalized spacial score (nSPS) is 21.0. The maximum Gasteiger partial charge on any atom is 0.250 e. The second-order valence-corrected chi connectivity index (χ2v) is 7.38. The third-order valence-corrected chi connectivity index (χ3v) is 5.54. The second kappa shape index (κ2) is 7.11. The molecule has 0 spiro atoms. The van der Waals surface area contributed by atoms with Crippen LogP contribution in [-0.4, -0.2) is 34.3 Å². The summed E-state index contributed by atoms with van der Waals surface area (Å²) in [4.78, 5) is 14.4. The van der Waals surface area contributed by atoms with Gasteiger partial charge in [-0.2, -0.15) is 0 Å². The lowest BCUT2D eigenvalue weighted by molar-refractivity contribution is 0.180. The zero-order valence-corrected chi connectivity index (χ0v) is 15.7. The Morgan fingerprint density at radius 3 is 2.77 bits per heavy atom. The Balaban J connectivity index is 1.46. The molecule has 0 saturated carbocycles. The Bertz CT molecular complexity index is 862.